The standard InChI is InChI=1S/C11H26N2S/c1-10(8-14-5)13(4)7-6-11(2,3)9-12/h10H,6-9,12H2,1-5H3. The molecule has 0 fully saturated rings. The summed E-state index contributed by atoms with van der Waals surface area (Å²) in [7, 11) is 2.20. The van der Waals surface area contributed by atoms with E-state index in [9.17, 15) is 0 Å². The number of hydrogen-bond acceptors (Lipinski definition) is 3. The summed E-state index contributed by atoms with van der Waals surface area (Å²) in [6.45, 7) is 8.68. The molecule has 0 amide bonds. The lowest BCUT2D eigenvalue weighted by Crippen LogP contribution is -2.35. The van der Waals surface area contributed by atoms with Gasteiger partial charge in [-0.05, 0) is 45.2 Å². The van der Waals surface area contributed by atoms with Crippen molar-refractivity contribution in [2.45, 2.75) is 33.2 Å². The van der Waals surface area contributed by atoms with E-state index in [1.165, 1.54) is 12.2 Å². The van der Waals surface area contributed by atoms with Crippen molar-refractivity contribution in [3.8, 4) is 0 Å². The molecular formula is C11H26N2S. The van der Waals surface area contributed by atoms with Crippen LogP contribution in [0, 0.1) is 5.41 Å². The van der Waals surface area contributed by atoms with E-state index in [1.54, 1.807) is 0 Å². The zero-order valence-electron chi connectivity index (χ0n) is 10.3. The van der Waals surface area contributed by atoms with Crippen LogP contribution in [0.5, 0.6) is 0 Å². The summed E-state index contributed by atoms with van der Waals surface area (Å²) in [5.41, 5.74) is 5.99. The van der Waals surface area contributed by atoms with E-state index in [1.807, 2.05) is 11.8 Å². The number of hydrogen-bond donors (Lipinski definition) is 1. The van der Waals surface area contributed by atoms with Gasteiger partial charge in [0.1, 0.15) is 0 Å². The van der Waals surface area contributed by atoms with Gasteiger partial charge >= 0.3 is 0 Å². The Kier molecular flexibility index (Phi) is 6.83. The molecule has 1 unspecified atom stereocenters. The molecule has 1 atom stereocenters. The molecule has 0 aliphatic heterocycles. The maximum Gasteiger partial charge on any atom is 0.0154 e. The van der Waals surface area contributed by atoms with Crippen LogP contribution in [-0.4, -0.2) is 43.1 Å². The molecule has 0 aromatic carbocycles. The van der Waals surface area contributed by atoms with E-state index in [0.29, 0.717) is 6.04 Å². The van der Waals surface area contributed by atoms with Crippen molar-refractivity contribution >= 4 is 11.8 Å². The van der Waals surface area contributed by atoms with Crippen molar-refractivity contribution in [2.24, 2.45) is 11.1 Å². The van der Waals surface area contributed by atoms with Gasteiger partial charge < -0.3 is 10.6 Å². The maximum atomic E-state index is 5.70. The van der Waals surface area contributed by atoms with Gasteiger partial charge in [-0.15, -0.1) is 0 Å². The molecular weight excluding hydrogens is 192 g/mol. The highest BCUT2D eigenvalue weighted by Crippen LogP contribution is 2.19. The minimum Gasteiger partial charge on any atom is -0.330 e. The van der Waals surface area contributed by atoms with E-state index < -0.39 is 0 Å². The fourth-order valence-electron chi connectivity index (χ4n) is 1.17. The third-order valence-corrected chi connectivity index (χ3v) is 3.67. The fraction of sp³-hybridized carbons (Fsp3) is 1.00. The molecule has 0 heterocycles. The van der Waals surface area contributed by atoms with Crippen molar-refractivity contribution in [3.05, 3.63) is 0 Å². The average Bonchev–Trinajstić information content (AvgIpc) is 2.15. The van der Waals surface area contributed by atoms with Gasteiger partial charge in [-0.25, -0.2) is 0 Å². The summed E-state index contributed by atoms with van der Waals surface area (Å²) in [4.78, 5) is 2.42. The van der Waals surface area contributed by atoms with Gasteiger partial charge in [0.2, 0.25) is 0 Å². The Labute approximate surface area is 93.6 Å². The number of nitrogens with zero attached hydrogens (tertiary/aromatic N) is 1. The lowest BCUT2D eigenvalue weighted by Gasteiger charge is -2.29. The molecule has 0 bridgehead atoms. The van der Waals surface area contributed by atoms with E-state index in [0.717, 1.165) is 13.1 Å². The summed E-state index contributed by atoms with van der Waals surface area (Å²) < 4.78 is 0. The van der Waals surface area contributed by atoms with E-state index in [2.05, 4.69) is 39.0 Å². The molecule has 86 valence electrons. The Bertz CT molecular complexity index is 148. The van der Waals surface area contributed by atoms with Crippen molar-refractivity contribution in [1.29, 1.82) is 0 Å². The van der Waals surface area contributed by atoms with Crippen LogP contribution < -0.4 is 5.73 Å². The van der Waals surface area contributed by atoms with Gasteiger partial charge in [0.25, 0.3) is 0 Å². The molecule has 0 aliphatic carbocycles. The van der Waals surface area contributed by atoms with Gasteiger partial charge in [-0.2, -0.15) is 11.8 Å². The predicted molar refractivity (Wildman–Crippen MR) is 67.9 cm³/mol. The third-order valence-electron chi connectivity index (χ3n) is 2.85. The highest BCUT2D eigenvalue weighted by atomic mass is 32.2. The molecule has 0 radical (unpaired) electrons. The summed E-state index contributed by atoms with van der Waals surface area (Å²) in [6.07, 6.45) is 3.34. The average molecular weight is 218 g/mol. The minimum atomic E-state index is 0.285. The highest BCUT2D eigenvalue weighted by molar-refractivity contribution is 7.98. The second-order valence-electron chi connectivity index (χ2n) is 4.90. The third kappa shape index (κ3) is 5.89. The van der Waals surface area contributed by atoms with Crippen molar-refractivity contribution in [3.63, 3.8) is 0 Å². The largest absolute Gasteiger partial charge is 0.330 e. The molecule has 2 N–H and O–H groups in total. The Morgan fingerprint density at radius 2 is 2.00 bits per heavy atom. The number of rotatable bonds is 7. The van der Waals surface area contributed by atoms with E-state index in [4.69, 9.17) is 5.73 Å². The van der Waals surface area contributed by atoms with E-state index in [-0.39, 0.29) is 5.41 Å². The Balaban J connectivity index is 3.77. The molecule has 3 heteroatoms. The second-order valence-corrected chi connectivity index (χ2v) is 5.81. The second kappa shape index (κ2) is 6.70. The van der Waals surface area contributed by atoms with Crippen LogP contribution in [0.15, 0.2) is 0 Å². The number of nitrogens with two attached hydrogens (primary N) is 1. The molecule has 0 aliphatic rings. The van der Waals surface area contributed by atoms with Crippen molar-refractivity contribution in [1.82, 2.24) is 4.90 Å². The number of thioether (sulfide) groups is 1. The SMILES string of the molecule is CSCC(C)N(C)CCC(C)(C)CN. The smallest absolute Gasteiger partial charge is 0.0154 e. The van der Waals surface area contributed by atoms with Crippen LogP contribution in [0.1, 0.15) is 27.2 Å². The topological polar surface area (TPSA) is 29.3 Å². The Hall–Kier alpha value is 0.270. The van der Waals surface area contributed by atoms with Gasteiger partial charge in [-0.1, -0.05) is 13.8 Å². The van der Waals surface area contributed by atoms with E-state index >= 15 is 0 Å². The lowest BCUT2D eigenvalue weighted by molar-refractivity contribution is 0.223. The minimum absolute atomic E-state index is 0.285. The van der Waals surface area contributed by atoms with Gasteiger partial charge in [0.15, 0.2) is 0 Å². The first-order valence-corrected chi connectivity index (χ1v) is 6.71. The quantitative estimate of drug-likeness (QED) is 0.709. The molecule has 0 saturated heterocycles. The van der Waals surface area contributed by atoms with Gasteiger partial charge in [0, 0.05) is 11.8 Å². The zero-order valence-corrected chi connectivity index (χ0v) is 11.2. The fourth-order valence-corrected chi connectivity index (χ4v) is 1.91. The normalized spacial score (nSPS) is 14.8. The monoisotopic (exact) mass is 218 g/mol. The molecule has 0 saturated carbocycles. The molecule has 0 aromatic rings. The first-order chi connectivity index (χ1) is 6.43. The van der Waals surface area contributed by atoms with Gasteiger partial charge in [-0.3, -0.25) is 0 Å². The van der Waals surface area contributed by atoms with Crippen LogP contribution in [0.4, 0.5) is 0 Å². The summed E-state index contributed by atoms with van der Waals surface area (Å²) in [5, 5.41) is 0. The molecule has 0 aromatic heterocycles. The predicted octanol–water partition coefficient (Wildman–Crippen LogP) is 2.04. The van der Waals surface area contributed by atoms with Crippen molar-refractivity contribution < 1.29 is 0 Å². The molecule has 0 rings (SSSR count). The van der Waals surface area contributed by atoms with Crippen LogP contribution in [-0.2, 0) is 0 Å². The summed E-state index contributed by atoms with van der Waals surface area (Å²) in [6, 6.07) is 0.665. The molecule has 14 heavy (non-hydrogen) atoms. The zero-order chi connectivity index (χ0) is 11.2. The lowest BCUT2D eigenvalue weighted by atomic mass is 9.89. The summed E-state index contributed by atoms with van der Waals surface area (Å²) in [5.74, 6) is 1.21. The first kappa shape index (κ1) is 14.3. The highest BCUT2D eigenvalue weighted by Gasteiger charge is 2.17. The van der Waals surface area contributed by atoms with Crippen LogP contribution >= 0.6 is 11.8 Å². The molecule has 2 nitrogen and oxygen atoms in total. The molecule has 0 spiro atoms. The van der Waals surface area contributed by atoms with Crippen molar-refractivity contribution in [2.75, 3.05) is 32.1 Å². The van der Waals surface area contributed by atoms with Gasteiger partial charge in [0.05, 0.1) is 0 Å². The van der Waals surface area contributed by atoms with Crippen LogP contribution in [0.2, 0.25) is 0 Å². The Morgan fingerprint density at radius 3 is 2.43 bits per heavy atom. The summed E-state index contributed by atoms with van der Waals surface area (Å²) >= 11 is 1.91. The van der Waals surface area contributed by atoms with Crippen LogP contribution in [0.3, 0.4) is 0 Å². The Morgan fingerprint density at radius 1 is 1.43 bits per heavy atom. The van der Waals surface area contributed by atoms with Crippen LogP contribution in [0.25, 0.3) is 0 Å². The first-order valence-electron chi connectivity index (χ1n) is 5.32. The maximum absolute atomic E-state index is 5.70.